The number of nitrogens with one attached hydrogen (secondary N) is 2. The molecule has 1 aliphatic rings. The molecule has 0 unspecified atom stereocenters. The van der Waals surface area contributed by atoms with E-state index in [9.17, 15) is 12.8 Å². The van der Waals surface area contributed by atoms with Crippen molar-refractivity contribution in [3.05, 3.63) is 28.5 Å². The zero-order chi connectivity index (χ0) is 13.2. The highest BCUT2D eigenvalue weighted by Gasteiger charge is 2.27. The van der Waals surface area contributed by atoms with E-state index in [2.05, 4.69) is 26.0 Å². The second-order valence-electron chi connectivity index (χ2n) is 4.22. The summed E-state index contributed by atoms with van der Waals surface area (Å²) in [6.07, 6.45) is 1.10. The Morgan fingerprint density at radius 1 is 1.33 bits per heavy atom. The predicted molar refractivity (Wildman–Crippen MR) is 72.5 cm³/mol. The Morgan fingerprint density at radius 2 is 2.00 bits per heavy atom. The standard InChI is InChI=1S/C11H14BrFN2O2S/c12-8-1-2-11(10(13)7-8)15-18(16,17)9-3-5-14-6-4-9/h1-2,7,9,14-15H,3-6H2. The van der Waals surface area contributed by atoms with Crippen LogP contribution < -0.4 is 10.0 Å². The molecule has 1 heterocycles. The van der Waals surface area contributed by atoms with E-state index >= 15 is 0 Å². The van der Waals surface area contributed by atoms with Crippen LogP contribution in [0.4, 0.5) is 10.1 Å². The fourth-order valence-electron chi connectivity index (χ4n) is 1.91. The largest absolute Gasteiger partial charge is 0.317 e. The third-order valence-electron chi connectivity index (χ3n) is 2.91. The van der Waals surface area contributed by atoms with Gasteiger partial charge in [-0.15, -0.1) is 0 Å². The summed E-state index contributed by atoms with van der Waals surface area (Å²) in [5.41, 5.74) is -0.00303. The van der Waals surface area contributed by atoms with Crippen LogP contribution >= 0.6 is 15.9 Å². The van der Waals surface area contributed by atoms with E-state index in [1.807, 2.05) is 0 Å². The Balaban J connectivity index is 2.16. The summed E-state index contributed by atoms with van der Waals surface area (Å²) in [6, 6.07) is 4.25. The second-order valence-corrected chi connectivity index (χ2v) is 7.10. The van der Waals surface area contributed by atoms with E-state index < -0.39 is 21.1 Å². The molecule has 2 N–H and O–H groups in total. The number of hydrogen-bond acceptors (Lipinski definition) is 3. The number of halogens is 2. The highest BCUT2D eigenvalue weighted by atomic mass is 79.9. The first-order chi connectivity index (χ1) is 8.49. The van der Waals surface area contributed by atoms with Gasteiger partial charge >= 0.3 is 0 Å². The minimum Gasteiger partial charge on any atom is -0.317 e. The topological polar surface area (TPSA) is 58.2 Å². The van der Waals surface area contributed by atoms with Crippen LogP contribution in [-0.4, -0.2) is 26.8 Å². The van der Waals surface area contributed by atoms with Crippen LogP contribution in [0.25, 0.3) is 0 Å². The molecule has 2 rings (SSSR count). The molecule has 0 radical (unpaired) electrons. The highest BCUT2D eigenvalue weighted by Crippen LogP contribution is 2.23. The summed E-state index contributed by atoms with van der Waals surface area (Å²) in [6.45, 7) is 1.35. The monoisotopic (exact) mass is 336 g/mol. The summed E-state index contributed by atoms with van der Waals surface area (Å²) in [5.74, 6) is -0.582. The summed E-state index contributed by atoms with van der Waals surface area (Å²) in [7, 11) is -3.52. The molecular weight excluding hydrogens is 323 g/mol. The lowest BCUT2D eigenvalue weighted by atomic mass is 10.2. The molecule has 0 spiro atoms. The SMILES string of the molecule is O=S(=O)(Nc1ccc(Br)cc1F)C1CCNCC1. The number of anilines is 1. The molecule has 7 heteroatoms. The molecule has 1 saturated heterocycles. The summed E-state index contributed by atoms with van der Waals surface area (Å²) < 4.78 is 40.6. The van der Waals surface area contributed by atoms with Gasteiger partial charge in [-0.2, -0.15) is 0 Å². The summed E-state index contributed by atoms with van der Waals surface area (Å²) in [5, 5.41) is 2.64. The molecule has 1 aromatic rings. The van der Waals surface area contributed by atoms with Gasteiger partial charge < -0.3 is 5.32 Å². The predicted octanol–water partition coefficient (Wildman–Crippen LogP) is 2.08. The van der Waals surface area contributed by atoms with Gasteiger partial charge in [0.2, 0.25) is 10.0 Å². The Bertz CT molecular complexity index is 530. The minimum absolute atomic E-state index is 0.00303. The van der Waals surface area contributed by atoms with Gasteiger partial charge in [-0.3, -0.25) is 4.72 Å². The molecule has 1 aromatic carbocycles. The van der Waals surface area contributed by atoms with Crippen LogP contribution in [0.5, 0.6) is 0 Å². The van der Waals surface area contributed by atoms with Crippen molar-refractivity contribution < 1.29 is 12.8 Å². The zero-order valence-corrected chi connectivity index (χ0v) is 12.0. The number of piperidine rings is 1. The fraction of sp³-hybridized carbons (Fsp3) is 0.455. The molecule has 100 valence electrons. The molecule has 0 aliphatic carbocycles. The average molecular weight is 337 g/mol. The van der Waals surface area contributed by atoms with Crippen LogP contribution in [0, 0.1) is 5.82 Å². The van der Waals surface area contributed by atoms with Gasteiger partial charge in [-0.1, -0.05) is 15.9 Å². The zero-order valence-electron chi connectivity index (χ0n) is 9.62. The van der Waals surface area contributed by atoms with Crippen LogP contribution in [0.2, 0.25) is 0 Å². The molecule has 1 aliphatic heterocycles. The Kier molecular flexibility index (Phi) is 4.24. The van der Waals surface area contributed by atoms with Crippen molar-refractivity contribution in [1.82, 2.24) is 5.32 Å². The number of benzene rings is 1. The van der Waals surface area contributed by atoms with Gasteiger partial charge in [-0.05, 0) is 44.1 Å². The van der Waals surface area contributed by atoms with E-state index in [-0.39, 0.29) is 5.69 Å². The third kappa shape index (κ3) is 3.21. The molecule has 0 saturated carbocycles. The van der Waals surface area contributed by atoms with Crippen molar-refractivity contribution in [3.63, 3.8) is 0 Å². The fourth-order valence-corrected chi connectivity index (χ4v) is 3.74. The van der Waals surface area contributed by atoms with Crippen molar-refractivity contribution in [1.29, 1.82) is 0 Å². The van der Waals surface area contributed by atoms with Crippen molar-refractivity contribution in [2.75, 3.05) is 17.8 Å². The van der Waals surface area contributed by atoms with Crippen LogP contribution in [0.1, 0.15) is 12.8 Å². The van der Waals surface area contributed by atoms with E-state index in [0.717, 1.165) is 0 Å². The molecule has 18 heavy (non-hydrogen) atoms. The van der Waals surface area contributed by atoms with Crippen LogP contribution in [-0.2, 0) is 10.0 Å². The lowest BCUT2D eigenvalue weighted by Gasteiger charge is -2.23. The lowest BCUT2D eigenvalue weighted by molar-refractivity contribution is 0.498. The van der Waals surface area contributed by atoms with Gasteiger partial charge in [0.25, 0.3) is 0 Å². The summed E-state index contributed by atoms with van der Waals surface area (Å²) >= 11 is 3.13. The van der Waals surface area contributed by atoms with Gasteiger partial charge in [0.05, 0.1) is 10.9 Å². The first kappa shape index (κ1) is 13.8. The number of sulfonamides is 1. The molecule has 0 amide bonds. The first-order valence-corrected chi connectivity index (χ1v) is 8.00. The molecule has 0 aromatic heterocycles. The number of rotatable bonds is 3. The van der Waals surface area contributed by atoms with E-state index in [0.29, 0.717) is 30.4 Å². The van der Waals surface area contributed by atoms with Gasteiger partial charge in [-0.25, -0.2) is 12.8 Å². The molecule has 1 fully saturated rings. The Labute approximate surface area is 114 Å². The molecule has 0 atom stereocenters. The maximum atomic E-state index is 13.6. The Morgan fingerprint density at radius 3 is 2.61 bits per heavy atom. The number of hydrogen-bond donors (Lipinski definition) is 2. The van der Waals surface area contributed by atoms with Crippen LogP contribution in [0.3, 0.4) is 0 Å². The second kappa shape index (κ2) is 5.54. The average Bonchev–Trinajstić information content (AvgIpc) is 2.34. The maximum absolute atomic E-state index is 13.6. The normalized spacial score (nSPS) is 17.7. The lowest BCUT2D eigenvalue weighted by Crippen LogP contribution is -2.38. The third-order valence-corrected chi connectivity index (χ3v) is 5.26. The smallest absolute Gasteiger partial charge is 0.235 e. The maximum Gasteiger partial charge on any atom is 0.235 e. The first-order valence-electron chi connectivity index (χ1n) is 5.66. The molecular formula is C11H14BrFN2O2S. The van der Waals surface area contributed by atoms with Gasteiger partial charge in [0.15, 0.2) is 0 Å². The quantitative estimate of drug-likeness (QED) is 0.888. The van der Waals surface area contributed by atoms with Gasteiger partial charge in [0.1, 0.15) is 5.82 Å². The van der Waals surface area contributed by atoms with E-state index in [1.54, 1.807) is 6.07 Å². The highest BCUT2D eigenvalue weighted by molar-refractivity contribution is 9.10. The van der Waals surface area contributed by atoms with E-state index in [4.69, 9.17) is 0 Å². The van der Waals surface area contributed by atoms with Gasteiger partial charge in [0, 0.05) is 4.47 Å². The Hall–Kier alpha value is -0.660. The molecule has 0 bridgehead atoms. The van der Waals surface area contributed by atoms with E-state index in [1.165, 1.54) is 12.1 Å². The van der Waals surface area contributed by atoms with Crippen molar-refractivity contribution in [2.45, 2.75) is 18.1 Å². The van der Waals surface area contributed by atoms with Crippen molar-refractivity contribution in [2.24, 2.45) is 0 Å². The van der Waals surface area contributed by atoms with Crippen molar-refractivity contribution in [3.8, 4) is 0 Å². The summed E-state index contributed by atoms with van der Waals surface area (Å²) in [4.78, 5) is 0. The van der Waals surface area contributed by atoms with Crippen LogP contribution in [0.15, 0.2) is 22.7 Å². The minimum atomic E-state index is -3.52. The van der Waals surface area contributed by atoms with Crippen molar-refractivity contribution >= 4 is 31.6 Å². The molecule has 4 nitrogen and oxygen atoms in total.